The first-order valence-electron chi connectivity index (χ1n) is 7.61. The SMILES string of the molecule is CCOC(=O)C[C@H]1C(SC(=S)OCC)C12OCC(C)(C)CO2. The molecule has 2 atom stereocenters. The van der Waals surface area contributed by atoms with Gasteiger partial charge in [-0.1, -0.05) is 25.6 Å². The van der Waals surface area contributed by atoms with Gasteiger partial charge in [-0.05, 0) is 26.1 Å². The van der Waals surface area contributed by atoms with Crippen molar-refractivity contribution < 1.29 is 23.7 Å². The fourth-order valence-corrected chi connectivity index (χ4v) is 4.19. The van der Waals surface area contributed by atoms with Crippen LogP contribution in [0.25, 0.3) is 0 Å². The monoisotopic (exact) mass is 348 g/mol. The Balaban J connectivity index is 2.01. The van der Waals surface area contributed by atoms with Gasteiger partial charge in [-0.3, -0.25) is 4.79 Å². The first-order chi connectivity index (χ1) is 10.3. The number of esters is 1. The zero-order valence-electron chi connectivity index (χ0n) is 13.5. The molecule has 5 nitrogen and oxygen atoms in total. The molecule has 0 aromatic carbocycles. The van der Waals surface area contributed by atoms with Crippen molar-refractivity contribution in [1.29, 1.82) is 0 Å². The zero-order valence-corrected chi connectivity index (χ0v) is 15.2. The second kappa shape index (κ2) is 7.03. The summed E-state index contributed by atoms with van der Waals surface area (Å²) < 4.78 is 22.9. The zero-order chi connectivity index (χ0) is 16.4. The lowest BCUT2D eigenvalue weighted by molar-refractivity contribution is -0.249. The number of rotatable bonds is 5. The molecule has 1 unspecified atom stereocenters. The predicted molar refractivity (Wildman–Crippen MR) is 88.8 cm³/mol. The summed E-state index contributed by atoms with van der Waals surface area (Å²) >= 11 is 6.61. The third-order valence-corrected chi connectivity index (χ3v) is 5.35. The Kier molecular flexibility index (Phi) is 5.74. The molecule has 22 heavy (non-hydrogen) atoms. The molecule has 1 aliphatic carbocycles. The van der Waals surface area contributed by atoms with Gasteiger partial charge in [-0.2, -0.15) is 0 Å². The molecule has 0 radical (unpaired) electrons. The van der Waals surface area contributed by atoms with E-state index >= 15 is 0 Å². The Morgan fingerprint density at radius 2 is 1.82 bits per heavy atom. The topological polar surface area (TPSA) is 54.0 Å². The maximum absolute atomic E-state index is 11.8. The van der Waals surface area contributed by atoms with Gasteiger partial charge in [0.05, 0.1) is 38.1 Å². The van der Waals surface area contributed by atoms with Crippen molar-refractivity contribution >= 4 is 34.3 Å². The van der Waals surface area contributed by atoms with Crippen LogP contribution >= 0.6 is 24.0 Å². The highest BCUT2D eigenvalue weighted by Crippen LogP contribution is 2.60. The van der Waals surface area contributed by atoms with Crippen LogP contribution in [0, 0.1) is 11.3 Å². The molecule has 1 aliphatic heterocycles. The van der Waals surface area contributed by atoms with Crippen LogP contribution in [-0.4, -0.2) is 47.8 Å². The molecule has 1 saturated carbocycles. The lowest BCUT2D eigenvalue weighted by atomic mass is 9.95. The minimum Gasteiger partial charge on any atom is -0.479 e. The summed E-state index contributed by atoms with van der Waals surface area (Å²) in [5, 5.41) is -0.0212. The first-order valence-corrected chi connectivity index (χ1v) is 8.90. The Labute approximate surface area is 141 Å². The molecule has 2 aliphatic rings. The maximum atomic E-state index is 11.8. The van der Waals surface area contributed by atoms with Gasteiger partial charge in [0, 0.05) is 11.3 Å². The predicted octanol–water partition coefficient (Wildman–Crippen LogP) is 2.76. The normalized spacial score (nSPS) is 28.2. The number of carbonyl (C=O) groups excluding carboxylic acids is 1. The Morgan fingerprint density at radius 1 is 1.23 bits per heavy atom. The van der Waals surface area contributed by atoms with Gasteiger partial charge in [-0.25, -0.2) is 0 Å². The van der Waals surface area contributed by atoms with Crippen LogP contribution in [0.1, 0.15) is 34.1 Å². The van der Waals surface area contributed by atoms with E-state index in [0.29, 0.717) is 30.8 Å². The van der Waals surface area contributed by atoms with Crippen molar-refractivity contribution in [2.24, 2.45) is 11.3 Å². The summed E-state index contributed by atoms with van der Waals surface area (Å²) in [6.45, 7) is 9.99. The minimum atomic E-state index is -0.728. The highest BCUT2D eigenvalue weighted by molar-refractivity contribution is 8.23. The van der Waals surface area contributed by atoms with Crippen LogP contribution in [0.4, 0.5) is 0 Å². The third kappa shape index (κ3) is 3.93. The van der Waals surface area contributed by atoms with Crippen LogP contribution in [0.5, 0.6) is 0 Å². The number of thioether (sulfide) groups is 1. The molecule has 2 fully saturated rings. The second-order valence-corrected chi connectivity index (χ2v) is 8.04. The van der Waals surface area contributed by atoms with Crippen molar-refractivity contribution in [1.82, 2.24) is 0 Å². The van der Waals surface area contributed by atoms with E-state index in [1.54, 1.807) is 6.92 Å². The third-order valence-electron chi connectivity index (χ3n) is 3.72. The van der Waals surface area contributed by atoms with E-state index in [0.717, 1.165) is 0 Å². The minimum absolute atomic E-state index is 0.0159. The summed E-state index contributed by atoms with van der Waals surface area (Å²) in [5.74, 6) is -1.01. The lowest BCUT2D eigenvalue weighted by Gasteiger charge is -2.36. The number of hydrogen-bond acceptors (Lipinski definition) is 7. The summed E-state index contributed by atoms with van der Waals surface area (Å²) in [6, 6.07) is 0. The molecule has 0 amide bonds. The standard InChI is InChI=1S/C15H24O5S2/c1-5-17-11(16)7-10-12(22-13(21)18-6-2)15(10)19-8-14(3,4)9-20-15/h10,12H,5-9H2,1-4H3/t10-,12?/m0/s1. The second-order valence-electron chi connectivity index (χ2n) is 6.30. The number of hydrogen-bond donors (Lipinski definition) is 0. The van der Waals surface area contributed by atoms with Gasteiger partial charge >= 0.3 is 5.97 Å². The van der Waals surface area contributed by atoms with E-state index in [4.69, 9.17) is 31.2 Å². The van der Waals surface area contributed by atoms with E-state index in [1.165, 1.54) is 11.8 Å². The highest BCUT2D eigenvalue weighted by Gasteiger charge is 2.71. The smallest absolute Gasteiger partial charge is 0.306 e. The molecule has 126 valence electrons. The molecular weight excluding hydrogens is 324 g/mol. The average molecular weight is 348 g/mol. The number of thiocarbonyl (C=S) groups is 1. The molecule has 7 heteroatoms. The van der Waals surface area contributed by atoms with E-state index in [2.05, 4.69) is 13.8 Å². The molecule has 2 rings (SSSR count). The molecular formula is C15H24O5S2. The Hall–Kier alpha value is -0.370. The van der Waals surface area contributed by atoms with Crippen LogP contribution in [-0.2, 0) is 23.7 Å². The molecule has 1 spiro atoms. The quantitative estimate of drug-likeness (QED) is 0.559. The van der Waals surface area contributed by atoms with Gasteiger partial charge in [-0.15, -0.1) is 0 Å². The fourth-order valence-electron chi connectivity index (χ4n) is 2.52. The first kappa shape index (κ1) is 18.0. The summed E-state index contributed by atoms with van der Waals surface area (Å²) in [4.78, 5) is 11.8. The van der Waals surface area contributed by atoms with E-state index in [-0.39, 0.29) is 29.0 Å². The molecule has 1 heterocycles. The number of carbonyl (C=O) groups is 1. The Morgan fingerprint density at radius 3 is 2.36 bits per heavy atom. The maximum Gasteiger partial charge on any atom is 0.306 e. The molecule has 0 bridgehead atoms. The summed E-state index contributed by atoms with van der Waals surface area (Å²) in [6.07, 6.45) is 0.278. The van der Waals surface area contributed by atoms with Crippen molar-refractivity contribution in [3.8, 4) is 0 Å². The largest absolute Gasteiger partial charge is 0.479 e. The van der Waals surface area contributed by atoms with E-state index < -0.39 is 5.79 Å². The van der Waals surface area contributed by atoms with Crippen molar-refractivity contribution in [3.63, 3.8) is 0 Å². The van der Waals surface area contributed by atoms with Gasteiger partial charge in [0.1, 0.15) is 0 Å². The molecule has 0 aromatic heterocycles. The van der Waals surface area contributed by atoms with Crippen LogP contribution in [0.15, 0.2) is 0 Å². The van der Waals surface area contributed by atoms with Crippen LogP contribution in [0.2, 0.25) is 0 Å². The molecule has 0 aromatic rings. The average Bonchev–Trinajstić information content (AvgIpc) is 3.00. The molecule has 1 saturated heterocycles. The van der Waals surface area contributed by atoms with E-state index in [9.17, 15) is 4.79 Å². The van der Waals surface area contributed by atoms with Gasteiger partial charge < -0.3 is 18.9 Å². The van der Waals surface area contributed by atoms with Crippen molar-refractivity contribution in [2.75, 3.05) is 26.4 Å². The molecule has 0 N–H and O–H groups in total. The summed E-state index contributed by atoms with van der Waals surface area (Å²) in [7, 11) is 0. The van der Waals surface area contributed by atoms with Crippen molar-refractivity contribution in [3.05, 3.63) is 0 Å². The van der Waals surface area contributed by atoms with Crippen molar-refractivity contribution in [2.45, 2.75) is 45.2 Å². The lowest BCUT2D eigenvalue weighted by Crippen LogP contribution is -2.41. The van der Waals surface area contributed by atoms with Crippen LogP contribution < -0.4 is 0 Å². The van der Waals surface area contributed by atoms with E-state index in [1.807, 2.05) is 6.92 Å². The summed E-state index contributed by atoms with van der Waals surface area (Å²) in [5.41, 5.74) is -0.0159. The van der Waals surface area contributed by atoms with Gasteiger partial charge in [0.15, 0.2) is 5.79 Å². The fraction of sp³-hybridized carbons (Fsp3) is 0.867. The van der Waals surface area contributed by atoms with Gasteiger partial charge in [0.25, 0.3) is 0 Å². The van der Waals surface area contributed by atoms with Crippen LogP contribution in [0.3, 0.4) is 0 Å². The highest BCUT2D eigenvalue weighted by atomic mass is 32.2. The van der Waals surface area contributed by atoms with Gasteiger partial charge in [0.2, 0.25) is 4.38 Å². The number of ether oxygens (including phenoxy) is 4. The Bertz CT molecular complexity index is 400.